The molecule has 0 radical (unpaired) electrons. The van der Waals surface area contributed by atoms with Crippen LogP contribution in [-0.2, 0) is 6.42 Å². The minimum atomic E-state index is -0.167. The van der Waals surface area contributed by atoms with Gasteiger partial charge in [-0.15, -0.1) is 0 Å². The number of amides is 1. The zero-order valence-electron chi connectivity index (χ0n) is 17.1. The van der Waals surface area contributed by atoms with Crippen molar-refractivity contribution in [2.45, 2.75) is 26.2 Å². The Hall–Kier alpha value is -3.34. The van der Waals surface area contributed by atoms with Crippen molar-refractivity contribution < 1.29 is 9.53 Å². The second-order valence-electron chi connectivity index (χ2n) is 7.19. The summed E-state index contributed by atoms with van der Waals surface area (Å²) in [5.41, 5.74) is 3.77. The molecule has 0 saturated heterocycles. The molecular formula is C24H27N3O2. The van der Waals surface area contributed by atoms with Crippen LogP contribution in [0.25, 0.3) is 0 Å². The lowest BCUT2D eigenvalue weighted by Crippen LogP contribution is -2.13. The Morgan fingerprint density at radius 3 is 2.31 bits per heavy atom. The predicted molar refractivity (Wildman–Crippen MR) is 118 cm³/mol. The zero-order chi connectivity index (χ0) is 20.6. The van der Waals surface area contributed by atoms with Gasteiger partial charge in [0.05, 0.1) is 12.7 Å². The van der Waals surface area contributed by atoms with Gasteiger partial charge in [-0.1, -0.05) is 38.1 Å². The molecule has 2 aromatic carbocycles. The van der Waals surface area contributed by atoms with Crippen LogP contribution in [0.5, 0.6) is 5.75 Å². The second-order valence-corrected chi connectivity index (χ2v) is 7.19. The molecule has 0 atom stereocenters. The molecular weight excluding hydrogens is 362 g/mol. The average molecular weight is 389 g/mol. The summed E-state index contributed by atoms with van der Waals surface area (Å²) in [5.74, 6) is 1.90. The molecule has 0 aliphatic heterocycles. The number of pyridine rings is 1. The van der Waals surface area contributed by atoms with Gasteiger partial charge < -0.3 is 15.4 Å². The number of ether oxygens (including phenoxy) is 1. The maximum atomic E-state index is 12.4. The number of anilines is 2. The predicted octanol–water partition coefficient (Wildman–Crippen LogP) is 5.12. The summed E-state index contributed by atoms with van der Waals surface area (Å²) in [4.78, 5) is 16.8. The summed E-state index contributed by atoms with van der Waals surface area (Å²) in [7, 11) is 1.66. The van der Waals surface area contributed by atoms with E-state index in [0.29, 0.717) is 11.5 Å². The Morgan fingerprint density at radius 1 is 1.00 bits per heavy atom. The van der Waals surface area contributed by atoms with Gasteiger partial charge in [0.25, 0.3) is 5.91 Å². The number of carbonyl (C=O) groups is 1. The van der Waals surface area contributed by atoms with E-state index in [2.05, 4.69) is 41.6 Å². The smallest absolute Gasteiger partial charge is 0.257 e. The molecule has 5 nitrogen and oxygen atoms in total. The van der Waals surface area contributed by atoms with Gasteiger partial charge >= 0.3 is 0 Å². The average Bonchev–Trinajstić information content (AvgIpc) is 2.75. The van der Waals surface area contributed by atoms with Crippen molar-refractivity contribution in [2.75, 3.05) is 24.3 Å². The maximum Gasteiger partial charge on any atom is 0.257 e. The number of hydrogen-bond donors (Lipinski definition) is 2. The van der Waals surface area contributed by atoms with Crippen LogP contribution < -0.4 is 15.4 Å². The lowest BCUT2D eigenvalue weighted by Gasteiger charge is -2.09. The molecule has 150 valence electrons. The summed E-state index contributed by atoms with van der Waals surface area (Å²) < 4.78 is 5.17. The van der Waals surface area contributed by atoms with Crippen LogP contribution in [0.1, 0.15) is 41.3 Å². The van der Waals surface area contributed by atoms with Gasteiger partial charge in [-0.05, 0) is 59.9 Å². The van der Waals surface area contributed by atoms with E-state index in [1.165, 1.54) is 11.1 Å². The molecule has 1 amide bonds. The molecule has 0 spiro atoms. The summed E-state index contributed by atoms with van der Waals surface area (Å²) in [6.07, 6.45) is 2.47. The lowest BCUT2D eigenvalue weighted by atomic mass is 10.0. The molecule has 0 aliphatic rings. The fourth-order valence-corrected chi connectivity index (χ4v) is 2.91. The molecule has 0 bridgehead atoms. The Kier molecular flexibility index (Phi) is 6.85. The summed E-state index contributed by atoms with van der Waals surface area (Å²) in [6.45, 7) is 5.05. The van der Waals surface area contributed by atoms with Gasteiger partial charge in [0.1, 0.15) is 11.6 Å². The number of nitrogens with one attached hydrogen (secondary N) is 2. The topological polar surface area (TPSA) is 63.2 Å². The number of rotatable bonds is 8. The minimum Gasteiger partial charge on any atom is -0.497 e. The number of carbonyl (C=O) groups excluding carboxylic acids is 1. The third kappa shape index (κ3) is 5.82. The summed E-state index contributed by atoms with van der Waals surface area (Å²) in [5, 5.41) is 6.19. The molecule has 2 N–H and O–H groups in total. The van der Waals surface area contributed by atoms with Crippen LogP contribution in [-0.4, -0.2) is 24.5 Å². The normalized spacial score (nSPS) is 10.6. The Balaban J connectivity index is 1.50. The minimum absolute atomic E-state index is 0.167. The van der Waals surface area contributed by atoms with Crippen molar-refractivity contribution in [1.29, 1.82) is 0 Å². The largest absolute Gasteiger partial charge is 0.497 e. The second kappa shape index (κ2) is 9.73. The van der Waals surface area contributed by atoms with Crippen LogP contribution in [0, 0.1) is 0 Å². The molecule has 1 heterocycles. The number of hydrogen-bond acceptors (Lipinski definition) is 4. The van der Waals surface area contributed by atoms with Crippen molar-refractivity contribution in [3.63, 3.8) is 0 Å². The van der Waals surface area contributed by atoms with Crippen molar-refractivity contribution in [2.24, 2.45) is 0 Å². The molecule has 0 unspecified atom stereocenters. The van der Waals surface area contributed by atoms with E-state index in [4.69, 9.17) is 4.74 Å². The molecule has 3 rings (SSSR count). The van der Waals surface area contributed by atoms with Gasteiger partial charge in [0.2, 0.25) is 0 Å². The van der Waals surface area contributed by atoms with Crippen LogP contribution >= 0.6 is 0 Å². The van der Waals surface area contributed by atoms with E-state index in [9.17, 15) is 4.79 Å². The first kappa shape index (κ1) is 20.4. The highest BCUT2D eigenvalue weighted by Crippen LogP contribution is 2.18. The lowest BCUT2D eigenvalue weighted by molar-refractivity contribution is 0.102. The zero-order valence-corrected chi connectivity index (χ0v) is 17.1. The molecule has 0 aliphatic carbocycles. The third-order valence-electron chi connectivity index (χ3n) is 4.74. The van der Waals surface area contributed by atoms with Crippen molar-refractivity contribution >= 4 is 17.4 Å². The number of aromatic nitrogens is 1. The maximum absolute atomic E-state index is 12.4. The highest BCUT2D eigenvalue weighted by Gasteiger charge is 2.07. The van der Waals surface area contributed by atoms with E-state index in [1.54, 1.807) is 19.4 Å². The molecule has 3 aromatic rings. The van der Waals surface area contributed by atoms with Gasteiger partial charge in [-0.25, -0.2) is 4.98 Å². The van der Waals surface area contributed by atoms with Crippen molar-refractivity contribution in [1.82, 2.24) is 4.98 Å². The molecule has 0 saturated carbocycles. The Labute approximate surface area is 172 Å². The van der Waals surface area contributed by atoms with E-state index >= 15 is 0 Å². The van der Waals surface area contributed by atoms with E-state index in [-0.39, 0.29) is 5.91 Å². The third-order valence-corrected chi connectivity index (χ3v) is 4.74. The summed E-state index contributed by atoms with van der Waals surface area (Å²) in [6, 6.07) is 19.5. The number of benzene rings is 2. The summed E-state index contributed by atoms with van der Waals surface area (Å²) >= 11 is 0. The molecule has 1 aromatic heterocycles. The fraction of sp³-hybridized carbons (Fsp3) is 0.250. The highest BCUT2D eigenvalue weighted by atomic mass is 16.5. The molecule has 5 heteroatoms. The Bertz CT molecular complexity index is 918. The van der Waals surface area contributed by atoms with Crippen LogP contribution in [0.15, 0.2) is 66.9 Å². The number of methoxy groups -OCH3 is 1. The van der Waals surface area contributed by atoms with Gasteiger partial charge in [-0.3, -0.25) is 4.79 Å². The molecule has 0 fully saturated rings. The van der Waals surface area contributed by atoms with Crippen LogP contribution in [0.3, 0.4) is 0 Å². The fourth-order valence-electron chi connectivity index (χ4n) is 2.91. The van der Waals surface area contributed by atoms with Crippen molar-refractivity contribution in [3.8, 4) is 5.75 Å². The van der Waals surface area contributed by atoms with E-state index < -0.39 is 0 Å². The first-order valence-electron chi connectivity index (χ1n) is 9.79. The standard InChI is InChI=1S/C24H27N3O2/c1-17(2)19-6-9-21(10-7-19)27-24(28)20-8-13-23(26-16-20)25-15-14-18-4-11-22(29-3)12-5-18/h4-13,16-17H,14-15H2,1-3H3,(H,25,26)(H,27,28). The highest BCUT2D eigenvalue weighted by molar-refractivity contribution is 6.04. The van der Waals surface area contributed by atoms with Gasteiger partial charge in [-0.2, -0.15) is 0 Å². The quantitative estimate of drug-likeness (QED) is 0.561. The first-order valence-corrected chi connectivity index (χ1v) is 9.79. The monoisotopic (exact) mass is 389 g/mol. The molecule has 29 heavy (non-hydrogen) atoms. The van der Waals surface area contributed by atoms with E-state index in [1.807, 2.05) is 42.5 Å². The Morgan fingerprint density at radius 2 is 1.72 bits per heavy atom. The van der Waals surface area contributed by atoms with Gasteiger partial charge in [0.15, 0.2) is 0 Å². The number of nitrogens with zero attached hydrogens (tertiary/aromatic N) is 1. The van der Waals surface area contributed by atoms with Crippen LogP contribution in [0.2, 0.25) is 0 Å². The van der Waals surface area contributed by atoms with Crippen molar-refractivity contribution in [3.05, 3.63) is 83.6 Å². The van der Waals surface area contributed by atoms with Crippen LogP contribution in [0.4, 0.5) is 11.5 Å². The van der Waals surface area contributed by atoms with Gasteiger partial charge in [0, 0.05) is 18.4 Å². The first-order chi connectivity index (χ1) is 14.0. The SMILES string of the molecule is COc1ccc(CCNc2ccc(C(=O)Nc3ccc(C(C)C)cc3)cn2)cc1. The van der Waals surface area contributed by atoms with E-state index in [0.717, 1.165) is 30.2 Å².